The molecule has 4 atom stereocenters. The minimum absolute atomic E-state index is 1.90. The molecule has 0 bridgehead atoms. The van der Waals surface area contributed by atoms with Gasteiger partial charge in [-0.15, -0.1) is 0 Å². The summed E-state index contributed by atoms with van der Waals surface area (Å²) in [6.07, 6.45) is -4.99. The van der Waals surface area contributed by atoms with E-state index in [4.69, 9.17) is 15.3 Å². The second kappa shape index (κ2) is 4.94. The maximum absolute atomic E-state index is 10.5. The molecule has 0 fully saturated rings. The third-order valence-electron chi connectivity index (χ3n) is 1.69. The van der Waals surface area contributed by atoms with E-state index in [0.717, 1.165) is 0 Å². The van der Waals surface area contributed by atoms with Crippen molar-refractivity contribution in [3.8, 4) is 0 Å². The Morgan fingerprint density at radius 1 is 1.06 bits per heavy atom. The quantitative estimate of drug-likeness (QED) is 0.306. The molecule has 0 aromatic carbocycles. The van der Waals surface area contributed by atoms with Crippen molar-refractivity contribution in [1.29, 1.82) is 0 Å². The zero-order valence-corrected chi connectivity index (χ0v) is 10.6. The molecular formula is C6H8Br2O8. The van der Waals surface area contributed by atoms with Crippen molar-refractivity contribution >= 4 is 43.8 Å². The highest BCUT2D eigenvalue weighted by molar-refractivity contribution is 9.13. The minimum Gasteiger partial charge on any atom is -0.479 e. The summed E-state index contributed by atoms with van der Waals surface area (Å²) in [5.74, 6) is -3.90. The van der Waals surface area contributed by atoms with Crippen LogP contribution in [0.3, 0.4) is 0 Å². The SMILES string of the molecule is O=C(O)[C@@H](O)[C@H](O)[C@](O)(Br)[C@@](O)(Br)C(=O)O. The Bertz CT molecular complexity index is 301. The average Bonchev–Trinajstić information content (AvgIpc) is 2.14. The molecule has 8 nitrogen and oxygen atoms in total. The largest absolute Gasteiger partial charge is 0.479 e. The summed E-state index contributed by atoms with van der Waals surface area (Å²) in [6.45, 7) is 0. The van der Waals surface area contributed by atoms with Crippen LogP contribution in [-0.4, -0.2) is 63.8 Å². The Labute approximate surface area is 105 Å². The van der Waals surface area contributed by atoms with Crippen LogP contribution in [0, 0.1) is 0 Å². The molecule has 0 amide bonds. The standard InChI is InChI=1S/C6H8Br2O8/c7-5(15,6(8,16)4(13)14)2(10)1(9)3(11)12/h1-2,9-10,15-16H,(H,11,12)(H,13,14)/t1-,2-,5+,6+/m0/s1. The van der Waals surface area contributed by atoms with Crippen molar-refractivity contribution < 1.29 is 40.2 Å². The molecule has 16 heavy (non-hydrogen) atoms. The predicted octanol–water partition coefficient (Wildman–Crippen LogP) is -1.96. The van der Waals surface area contributed by atoms with Gasteiger partial charge in [0.1, 0.15) is 6.10 Å². The fourth-order valence-electron chi connectivity index (χ4n) is 0.690. The van der Waals surface area contributed by atoms with E-state index in [1.165, 1.54) is 0 Å². The van der Waals surface area contributed by atoms with Gasteiger partial charge in [-0.05, 0) is 31.9 Å². The minimum atomic E-state index is -3.09. The zero-order valence-electron chi connectivity index (χ0n) is 7.41. The summed E-state index contributed by atoms with van der Waals surface area (Å²) in [4.78, 5) is 20.8. The van der Waals surface area contributed by atoms with Gasteiger partial charge in [-0.25, -0.2) is 9.59 Å². The van der Waals surface area contributed by atoms with Crippen molar-refractivity contribution in [2.45, 2.75) is 21.2 Å². The van der Waals surface area contributed by atoms with Gasteiger partial charge in [0.25, 0.3) is 4.51 Å². The third-order valence-corrected chi connectivity index (χ3v) is 4.21. The van der Waals surface area contributed by atoms with E-state index < -0.39 is 33.2 Å². The zero-order chi connectivity index (χ0) is 13.3. The first-order chi connectivity index (χ1) is 6.96. The van der Waals surface area contributed by atoms with Crippen LogP contribution in [0.2, 0.25) is 0 Å². The summed E-state index contributed by atoms with van der Waals surface area (Å²) in [7, 11) is 0. The molecule has 0 aliphatic carbocycles. The highest BCUT2D eigenvalue weighted by atomic mass is 79.9. The van der Waals surface area contributed by atoms with Crippen LogP contribution < -0.4 is 0 Å². The molecule has 0 unspecified atom stereocenters. The lowest BCUT2D eigenvalue weighted by Crippen LogP contribution is -2.62. The molecule has 0 heterocycles. The lowest BCUT2D eigenvalue weighted by atomic mass is 10.0. The van der Waals surface area contributed by atoms with Crippen LogP contribution in [-0.2, 0) is 9.59 Å². The van der Waals surface area contributed by atoms with Crippen LogP contribution in [0.1, 0.15) is 0 Å². The monoisotopic (exact) mass is 366 g/mol. The average molecular weight is 368 g/mol. The summed E-state index contributed by atoms with van der Waals surface area (Å²) >= 11 is 4.42. The van der Waals surface area contributed by atoms with Gasteiger partial charge in [0.15, 0.2) is 10.6 Å². The normalized spacial score (nSPS) is 22.6. The molecule has 0 rings (SSSR count). The van der Waals surface area contributed by atoms with E-state index in [2.05, 4.69) is 31.9 Å². The first-order valence-electron chi connectivity index (χ1n) is 3.61. The van der Waals surface area contributed by atoms with Gasteiger partial charge in [-0.2, -0.15) is 0 Å². The summed E-state index contributed by atoms with van der Waals surface area (Å²) in [6, 6.07) is 0. The number of hydrogen-bond acceptors (Lipinski definition) is 6. The molecule has 10 heteroatoms. The first kappa shape index (κ1) is 15.7. The Morgan fingerprint density at radius 2 is 1.44 bits per heavy atom. The molecule has 0 aliphatic heterocycles. The van der Waals surface area contributed by atoms with Gasteiger partial charge < -0.3 is 30.6 Å². The number of aliphatic carboxylic acids is 2. The molecule has 0 aromatic heterocycles. The van der Waals surface area contributed by atoms with Crippen molar-refractivity contribution in [3.05, 3.63) is 0 Å². The number of rotatable bonds is 5. The fourth-order valence-corrected chi connectivity index (χ4v) is 1.34. The van der Waals surface area contributed by atoms with Crippen LogP contribution in [0.4, 0.5) is 0 Å². The molecule has 94 valence electrons. The van der Waals surface area contributed by atoms with Gasteiger partial charge >= 0.3 is 11.9 Å². The van der Waals surface area contributed by atoms with Gasteiger partial charge in [0.05, 0.1) is 0 Å². The summed E-state index contributed by atoms with van der Waals surface area (Å²) in [5, 5.41) is 53.7. The molecule has 0 radical (unpaired) electrons. The number of hydrogen-bond donors (Lipinski definition) is 6. The van der Waals surface area contributed by atoms with Gasteiger partial charge in [0, 0.05) is 0 Å². The number of aliphatic hydroxyl groups is 4. The lowest BCUT2D eigenvalue weighted by Gasteiger charge is -2.35. The Hall–Kier alpha value is -0.260. The van der Waals surface area contributed by atoms with Crippen LogP contribution in [0.15, 0.2) is 0 Å². The number of alkyl halides is 2. The van der Waals surface area contributed by atoms with Crippen LogP contribution >= 0.6 is 31.9 Å². The van der Waals surface area contributed by atoms with Crippen molar-refractivity contribution in [2.75, 3.05) is 0 Å². The van der Waals surface area contributed by atoms with E-state index in [0.29, 0.717) is 0 Å². The molecule has 0 spiro atoms. The van der Waals surface area contributed by atoms with Gasteiger partial charge in [-0.1, -0.05) is 0 Å². The number of aliphatic hydroxyl groups excluding tert-OH is 2. The van der Waals surface area contributed by atoms with E-state index in [1.54, 1.807) is 0 Å². The number of halogens is 2. The highest BCUT2D eigenvalue weighted by Gasteiger charge is 2.59. The summed E-state index contributed by atoms with van der Waals surface area (Å²) in [5.41, 5.74) is 0. The number of carboxylic acid groups (broad SMARTS) is 2. The second-order valence-electron chi connectivity index (χ2n) is 2.83. The molecular weight excluding hydrogens is 360 g/mol. The van der Waals surface area contributed by atoms with Gasteiger partial charge in [-0.3, -0.25) is 0 Å². The molecule has 6 N–H and O–H groups in total. The lowest BCUT2D eigenvalue weighted by molar-refractivity contribution is -0.181. The van der Waals surface area contributed by atoms with Crippen LogP contribution in [0.25, 0.3) is 0 Å². The van der Waals surface area contributed by atoms with E-state index in [-0.39, 0.29) is 0 Å². The maximum atomic E-state index is 10.5. The van der Waals surface area contributed by atoms with Crippen molar-refractivity contribution in [1.82, 2.24) is 0 Å². The van der Waals surface area contributed by atoms with Gasteiger partial charge in [0.2, 0.25) is 0 Å². The van der Waals surface area contributed by atoms with E-state index in [1.807, 2.05) is 0 Å². The smallest absolute Gasteiger partial charge is 0.351 e. The molecule has 0 aliphatic rings. The Morgan fingerprint density at radius 3 is 1.69 bits per heavy atom. The molecule has 0 saturated carbocycles. The molecule has 0 saturated heterocycles. The van der Waals surface area contributed by atoms with Crippen molar-refractivity contribution in [2.24, 2.45) is 0 Å². The second-order valence-corrected chi connectivity index (χ2v) is 5.19. The van der Waals surface area contributed by atoms with E-state index in [9.17, 15) is 24.9 Å². The summed E-state index contributed by atoms with van der Waals surface area (Å²) < 4.78 is -6.10. The van der Waals surface area contributed by atoms with E-state index >= 15 is 0 Å². The maximum Gasteiger partial charge on any atom is 0.351 e. The third kappa shape index (κ3) is 2.70. The number of carboxylic acids is 2. The Kier molecular flexibility index (Phi) is 4.86. The first-order valence-corrected chi connectivity index (χ1v) is 5.19. The fraction of sp³-hybridized carbons (Fsp3) is 0.667. The molecule has 0 aromatic rings. The topological polar surface area (TPSA) is 156 Å². The Balaban J connectivity index is 5.20. The number of carbonyl (C=O) groups is 2. The van der Waals surface area contributed by atoms with Crippen LogP contribution in [0.5, 0.6) is 0 Å². The van der Waals surface area contributed by atoms with Crippen molar-refractivity contribution in [3.63, 3.8) is 0 Å². The highest BCUT2D eigenvalue weighted by Crippen LogP contribution is 2.38. The predicted molar refractivity (Wildman–Crippen MR) is 55.0 cm³/mol.